The van der Waals surface area contributed by atoms with Crippen LogP contribution in [0.15, 0.2) is 24.3 Å². The molecule has 0 unspecified atom stereocenters. The Hall–Kier alpha value is -4.32. The second kappa shape index (κ2) is 24.4. The minimum absolute atomic E-state index is 0.0191. The van der Waals surface area contributed by atoms with Crippen LogP contribution < -0.4 is 26.2 Å². The molecule has 61 heavy (non-hydrogen) atoms. The molecular formula is C44H72N6O11. The number of methoxy groups -OCH3 is 1. The molecule has 17 heteroatoms. The van der Waals surface area contributed by atoms with Crippen molar-refractivity contribution in [1.29, 1.82) is 0 Å². The second-order valence-electron chi connectivity index (χ2n) is 17.8. The normalized spacial score (nSPS) is 26.4. The molecule has 0 aromatic heterocycles. The maximum Gasteiger partial charge on any atom is 0.329 e. The van der Waals surface area contributed by atoms with Crippen LogP contribution in [0.4, 0.5) is 0 Å². The van der Waals surface area contributed by atoms with Gasteiger partial charge in [0, 0.05) is 20.0 Å². The molecule has 2 heterocycles. The van der Waals surface area contributed by atoms with Crippen LogP contribution in [0.2, 0.25) is 0 Å². The maximum absolute atomic E-state index is 14.5. The average Bonchev–Trinajstić information content (AvgIpc) is 3.70. The molecule has 2 aliphatic rings. The van der Waals surface area contributed by atoms with E-state index in [-0.39, 0.29) is 36.7 Å². The lowest BCUT2D eigenvalue weighted by Crippen LogP contribution is -2.59. The summed E-state index contributed by atoms with van der Waals surface area (Å²) < 4.78 is 16.9. The standard InChI is InChI=1S/C44H72N6O11/c1-25(2)19-31(45-9)40(53)46-33-23-59-44(57)35(21-29-14-16-30(58-11)17-15-29)49(10)43(56)34-13-12-18-50(34)42(55)32(20-26(3)4)48-60-24-37(27(5)6)61-38(52)22-36(51)39(28(7)8)47-41(33)54/h14-17,25-28,31-37,39,45,48,51H,12-13,18-24H2,1-11H3,(H,46,53)(H,47,54)/t31-,32+,33+,34+,35+,36+,37-,39-/m1/s1. The fraction of sp³-hybridized carbons (Fsp3) is 0.727. The van der Waals surface area contributed by atoms with Crippen molar-refractivity contribution >= 4 is 35.6 Å². The molecule has 4 amide bonds. The van der Waals surface area contributed by atoms with Crippen LogP contribution in [0.5, 0.6) is 5.75 Å². The highest BCUT2D eigenvalue weighted by Gasteiger charge is 2.42. The van der Waals surface area contributed by atoms with Crippen molar-refractivity contribution in [2.45, 2.75) is 142 Å². The first-order valence-electron chi connectivity index (χ1n) is 21.7. The van der Waals surface area contributed by atoms with Gasteiger partial charge in [-0.25, -0.2) is 4.79 Å². The largest absolute Gasteiger partial charge is 0.497 e. The van der Waals surface area contributed by atoms with Gasteiger partial charge >= 0.3 is 11.9 Å². The Bertz CT molecular complexity index is 1610. The lowest BCUT2D eigenvalue weighted by molar-refractivity contribution is -0.163. The van der Waals surface area contributed by atoms with Crippen molar-refractivity contribution in [3.8, 4) is 5.75 Å². The molecule has 0 saturated carbocycles. The number of aliphatic hydroxyl groups excluding tert-OH is 1. The van der Waals surface area contributed by atoms with E-state index in [2.05, 4.69) is 21.4 Å². The summed E-state index contributed by atoms with van der Waals surface area (Å²) in [7, 11) is 4.65. The number of hydrogen-bond acceptors (Lipinski definition) is 13. The molecular weight excluding hydrogens is 789 g/mol. The van der Waals surface area contributed by atoms with Gasteiger partial charge < -0.3 is 45.1 Å². The number of rotatable bonds is 12. The van der Waals surface area contributed by atoms with Gasteiger partial charge in [-0.1, -0.05) is 67.5 Å². The minimum Gasteiger partial charge on any atom is -0.497 e. The molecule has 1 aromatic carbocycles. The zero-order chi connectivity index (χ0) is 45.6. The van der Waals surface area contributed by atoms with E-state index in [1.54, 1.807) is 45.2 Å². The number of benzene rings is 1. The molecule has 2 fully saturated rings. The first-order chi connectivity index (χ1) is 28.8. The van der Waals surface area contributed by atoms with E-state index in [9.17, 15) is 33.9 Å². The molecule has 5 N–H and O–H groups in total. The van der Waals surface area contributed by atoms with Crippen molar-refractivity contribution in [1.82, 2.24) is 31.2 Å². The number of nitrogens with zero attached hydrogens (tertiary/aromatic N) is 2. The van der Waals surface area contributed by atoms with Crippen LogP contribution in [0.25, 0.3) is 0 Å². The van der Waals surface area contributed by atoms with Gasteiger partial charge in [-0.3, -0.25) is 28.8 Å². The molecule has 0 aliphatic carbocycles. The molecule has 17 nitrogen and oxygen atoms in total. The molecule has 1 aromatic rings. The van der Waals surface area contributed by atoms with E-state index in [0.717, 1.165) is 0 Å². The van der Waals surface area contributed by atoms with Crippen molar-refractivity contribution in [3.05, 3.63) is 29.8 Å². The van der Waals surface area contributed by atoms with Gasteiger partial charge in [0.25, 0.3) is 0 Å². The van der Waals surface area contributed by atoms with Crippen LogP contribution in [-0.2, 0) is 49.5 Å². The molecule has 0 bridgehead atoms. The SMILES string of the molecule is CN[C@H](CC(C)C)C(=O)N[C@H]1COC(=O)[C@H](Cc2ccc(OC)cc2)N(C)C(=O)[C@@H]2CCCN2C(=O)[C@H](CC(C)C)NOC[C@H](C(C)C)OC(=O)C[C@H](O)[C@@H](C(C)C)NC1=O. The first-order valence-corrected chi connectivity index (χ1v) is 21.7. The summed E-state index contributed by atoms with van der Waals surface area (Å²) in [6, 6.07) is 0.946. The van der Waals surface area contributed by atoms with E-state index in [0.29, 0.717) is 43.5 Å². The van der Waals surface area contributed by atoms with Gasteiger partial charge in [0.1, 0.15) is 49.2 Å². The van der Waals surface area contributed by atoms with Gasteiger partial charge in [-0.15, -0.1) is 0 Å². The van der Waals surface area contributed by atoms with Gasteiger partial charge in [-0.2, -0.15) is 5.48 Å². The van der Waals surface area contributed by atoms with E-state index in [4.69, 9.17) is 19.0 Å². The maximum atomic E-state index is 14.5. The number of nitrogens with one attached hydrogen (secondary N) is 4. The quantitative estimate of drug-likeness (QED) is 0.191. The van der Waals surface area contributed by atoms with Crippen molar-refractivity contribution in [2.75, 3.05) is 41.0 Å². The fourth-order valence-electron chi connectivity index (χ4n) is 7.53. The highest BCUT2D eigenvalue weighted by Crippen LogP contribution is 2.25. The topological polar surface area (TPSA) is 214 Å². The number of esters is 2. The zero-order valence-corrected chi connectivity index (χ0v) is 38.0. The van der Waals surface area contributed by atoms with E-state index >= 15 is 0 Å². The smallest absolute Gasteiger partial charge is 0.329 e. The summed E-state index contributed by atoms with van der Waals surface area (Å²) in [5.74, 6) is -3.50. The summed E-state index contributed by atoms with van der Waals surface area (Å²) in [6.45, 7) is 14.6. The Morgan fingerprint density at radius 2 is 1.62 bits per heavy atom. The number of carbonyl (C=O) groups is 6. The summed E-state index contributed by atoms with van der Waals surface area (Å²) in [4.78, 5) is 92.7. The van der Waals surface area contributed by atoms with Crippen molar-refractivity contribution < 1.29 is 52.9 Å². The van der Waals surface area contributed by atoms with Crippen LogP contribution in [0.1, 0.15) is 93.1 Å². The number of hydroxylamine groups is 1. The van der Waals surface area contributed by atoms with Crippen molar-refractivity contribution in [2.24, 2.45) is 23.7 Å². The number of amides is 4. The summed E-state index contributed by atoms with van der Waals surface area (Å²) >= 11 is 0. The molecule has 8 atom stereocenters. The Kier molecular flexibility index (Phi) is 20.4. The van der Waals surface area contributed by atoms with Crippen LogP contribution in [0, 0.1) is 23.7 Å². The van der Waals surface area contributed by atoms with Crippen LogP contribution >= 0.6 is 0 Å². The number of ether oxygens (including phenoxy) is 3. The van der Waals surface area contributed by atoms with Crippen LogP contribution in [-0.4, -0.2) is 140 Å². The van der Waals surface area contributed by atoms with Gasteiger partial charge in [-0.05, 0) is 74.1 Å². The molecule has 0 spiro atoms. The number of aliphatic hydroxyl groups is 1. The molecule has 2 aliphatic heterocycles. The summed E-state index contributed by atoms with van der Waals surface area (Å²) in [5, 5.41) is 19.8. The number of cyclic esters (lactones) is 2. The minimum atomic E-state index is -1.43. The third kappa shape index (κ3) is 15.2. The monoisotopic (exact) mass is 861 g/mol. The Morgan fingerprint density at radius 1 is 0.951 bits per heavy atom. The molecule has 0 radical (unpaired) electrons. The highest BCUT2D eigenvalue weighted by atomic mass is 16.7. The number of likely N-dealkylation sites (N-methyl/N-ethyl adjacent to an activating group) is 2. The zero-order valence-electron chi connectivity index (χ0n) is 38.0. The molecule has 3 rings (SSSR count). The Balaban J connectivity index is 2.11. The Morgan fingerprint density at radius 3 is 2.20 bits per heavy atom. The molecule has 2 saturated heterocycles. The third-order valence-corrected chi connectivity index (χ3v) is 11.2. The lowest BCUT2D eigenvalue weighted by Gasteiger charge is -2.34. The van der Waals surface area contributed by atoms with E-state index in [1.807, 2.05) is 41.5 Å². The summed E-state index contributed by atoms with van der Waals surface area (Å²) in [6.07, 6.45) is -0.880. The van der Waals surface area contributed by atoms with Gasteiger partial charge in [0.2, 0.25) is 23.6 Å². The predicted octanol–water partition coefficient (Wildman–Crippen LogP) is 2.13. The fourth-order valence-corrected chi connectivity index (χ4v) is 7.53. The van der Waals surface area contributed by atoms with E-state index in [1.165, 1.54) is 24.0 Å². The summed E-state index contributed by atoms with van der Waals surface area (Å²) in [5.41, 5.74) is 3.57. The van der Waals surface area contributed by atoms with Crippen molar-refractivity contribution in [3.63, 3.8) is 0 Å². The lowest BCUT2D eigenvalue weighted by atomic mass is 9.95. The Labute approximate surface area is 361 Å². The van der Waals surface area contributed by atoms with E-state index < -0.39 is 97.1 Å². The third-order valence-electron chi connectivity index (χ3n) is 11.2. The number of hydrogen-bond donors (Lipinski definition) is 5. The average molecular weight is 861 g/mol. The number of carbonyl (C=O) groups excluding carboxylic acids is 6. The van der Waals surface area contributed by atoms with Crippen LogP contribution in [0.3, 0.4) is 0 Å². The number of fused-ring (bicyclic) bond motifs is 1. The van der Waals surface area contributed by atoms with Gasteiger partial charge in [0.05, 0.1) is 31.7 Å². The second-order valence-corrected chi connectivity index (χ2v) is 17.8. The highest BCUT2D eigenvalue weighted by molar-refractivity contribution is 5.93. The predicted molar refractivity (Wildman–Crippen MR) is 228 cm³/mol. The molecule has 344 valence electrons. The first kappa shape index (κ1) is 51.0. The van der Waals surface area contributed by atoms with Gasteiger partial charge in [0.15, 0.2) is 0 Å².